The molecule has 0 aromatic heterocycles. The molecule has 4 heteroatoms. The highest BCUT2D eigenvalue weighted by Crippen LogP contribution is 2.24. The minimum Gasteiger partial charge on any atom is -0.398 e. The summed E-state index contributed by atoms with van der Waals surface area (Å²) in [6.45, 7) is 0. The number of nitrogen functional groups attached to an aromatic ring is 1. The molecular formula is C17H11BrClNO. The van der Waals surface area contributed by atoms with Crippen LogP contribution in [0.4, 0.5) is 5.69 Å². The maximum atomic E-state index is 12.5. The summed E-state index contributed by atoms with van der Waals surface area (Å²) in [6, 6.07) is 16.5. The van der Waals surface area contributed by atoms with Gasteiger partial charge in [0.1, 0.15) is 0 Å². The predicted octanol–water partition coefficient (Wildman–Crippen LogP) is 5.07. The molecule has 0 fully saturated rings. The van der Waals surface area contributed by atoms with E-state index in [1.807, 2.05) is 36.4 Å². The fraction of sp³-hybridized carbons (Fsp3) is 0. The van der Waals surface area contributed by atoms with E-state index < -0.39 is 0 Å². The first-order valence-electron chi connectivity index (χ1n) is 6.33. The fourth-order valence-corrected chi connectivity index (χ4v) is 2.75. The first kappa shape index (κ1) is 14.1. The summed E-state index contributed by atoms with van der Waals surface area (Å²) in [6.07, 6.45) is 0. The lowest BCUT2D eigenvalue weighted by atomic mass is 10.00. The zero-order chi connectivity index (χ0) is 15.0. The number of hydrogen-bond acceptors (Lipinski definition) is 2. The lowest BCUT2D eigenvalue weighted by Gasteiger charge is -2.05. The summed E-state index contributed by atoms with van der Waals surface area (Å²) in [5, 5.41) is 2.49. The first-order valence-corrected chi connectivity index (χ1v) is 7.51. The fourth-order valence-electron chi connectivity index (χ4n) is 2.19. The first-order chi connectivity index (χ1) is 10.0. The molecule has 0 unspecified atom stereocenters. The van der Waals surface area contributed by atoms with Crippen molar-refractivity contribution in [1.82, 2.24) is 0 Å². The second-order valence-electron chi connectivity index (χ2n) is 4.77. The highest BCUT2D eigenvalue weighted by atomic mass is 79.9. The highest BCUT2D eigenvalue weighted by Gasteiger charge is 2.11. The van der Waals surface area contributed by atoms with Crippen LogP contribution in [-0.2, 0) is 0 Å². The van der Waals surface area contributed by atoms with Crippen LogP contribution in [0.25, 0.3) is 10.8 Å². The molecule has 0 atom stereocenters. The molecule has 2 N–H and O–H groups in total. The van der Waals surface area contributed by atoms with Gasteiger partial charge in [0.15, 0.2) is 5.78 Å². The Morgan fingerprint density at radius 2 is 1.52 bits per heavy atom. The van der Waals surface area contributed by atoms with Crippen molar-refractivity contribution in [2.24, 2.45) is 0 Å². The highest BCUT2D eigenvalue weighted by molar-refractivity contribution is 9.10. The molecule has 3 aromatic carbocycles. The van der Waals surface area contributed by atoms with E-state index in [-0.39, 0.29) is 5.78 Å². The second kappa shape index (κ2) is 5.51. The number of hydrogen-bond donors (Lipinski definition) is 1. The number of benzene rings is 3. The van der Waals surface area contributed by atoms with E-state index in [1.54, 1.807) is 18.2 Å². The number of rotatable bonds is 2. The Bertz CT molecular complexity index is 861. The van der Waals surface area contributed by atoms with E-state index in [1.165, 1.54) is 0 Å². The van der Waals surface area contributed by atoms with Gasteiger partial charge >= 0.3 is 0 Å². The normalized spacial score (nSPS) is 10.8. The van der Waals surface area contributed by atoms with Gasteiger partial charge in [-0.05, 0) is 47.2 Å². The van der Waals surface area contributed by atoms with E-state index in [0.29, 0.717) is 21.8 Å². The van der Waals surface area contributed by atoms with Gasteiger partial charge in [-0.15, -0.1) is 0 Å². The van der Waals surface area contributed by atoms with Gasteiger partial charge in [-0.2, -0.15) is 0 Å². The third-order valence-corrected chi connectivity index (χ3v) is 4.15. The number of nitrogens with two attached hydrogens (primary N) is 1. The number of carbonyl (C=O) groups is 1. The molecule has 0 aliphatic carbocycles. The van der Waals surface area contributed by atoms with Gasteiger partial charge in [0.2, 0.25) is 0 Å². The SMILES string of the molecule is Nc1ccc(C(=O)c2ccc3cc(Br)ccc3c2)cc1Cl. The van der Waals surface area contributed by atoms with Gasteiger partial charge in [0.25, 0.3) is 0 Å². The molecule has 2 nitrogen and oxygen atoms in total. The van der Waals surface area contributed by atoms with Gasteiger partial charge in [-0.25, -0.2) is 0 Å². The number of carbonyl (C=O) groups excluding carboxylic acids is 1. The molecule has 0 saturated carbocycles. The Morgan fingerprint density at radius 1 is 0.905 bits per heavy atom. The van der Waals surface area contributed by atoms with Crippen LogP contribution < -0.4 is 5.73 Å². The van der Waals surface area contributed by atoms with E-state index in [0.717, 1.165) is 15.2 Å². The van der Waals surface area contributed by atoms with Crippen molar-refractivity contribution in [2.75, 3.05) is 5.73 Å². The molecule has 0 spiro atoms. The monoisotopic (exact) mass is 359 g/mol. The summed E-state index contributed by atoms with van der Waals surface area (Å²) < 4.78 is 1.01. The molecule has 3 aromatic rings. The standard InChI is InChI=1S/C17H11BrClNO/c18-14-5-3-10-7-12(2-1-11(10)8-14)17(21)13-4-6-16(20)15(19)9-13/h1-9H,20H2. The van der Waals surface area contributed by atoms with Gasteiger partial charge in [-0.1, -0.05) is 45.7 Å². The van der Waals surface area contributed by atoms with E-state index in [2.05, 4.69) is 15.9 Å². The summed E-state index contributed by atoms with van der Waals surface area (Å²) in [7, 11) is 0. The van der Waals surface area contributed by atoms with Crippen molar-refractivity contribution in [3.8, 4) is 0 Å². The quantitative estimate of drug-likeness (QED) is 0.512. The molecule has 0 amide bonds. The van der Waals surface area contributed by atoms with Gasteiger partial charge in [-0.3, -0.25) is 4.79 Å². The van der Waals surface area contributed by atoms with Gasteiger partial charge in [0, 0.05) is 15.6 Å². The van der Waals surface area contributed by atoms with Crippen molar-refractivity contribution in [3.63, 3.8) is 0 Å². The summed E-state index contributed by atoms with van der Waals surface area (Å²) in [5.74, 6) is -0.0679. The lowest BCUT2D eigenvalue weighted by molar-refractivity contribution is 0.103. The van der Waals surface area contributed by atoms with Crippen molar-refractivity contribution >= 4 is 49.8 Å². The Labute approximate surface area is 135 Å². The van der Waals surface area contributed by atoms with Crippen LogP contribution in [0.3, 0.4) is 0 Å². The molecule has 0 bridgehead atoms. The molecule has 21 heavy (non-hydrogen) atoms. The van der Waals surface area contributed by atoms with E-state index in [9.17, 15) is 4.79 Å². The molecule has 3 rings (SSSR count). The van der Waals surface area contributed by atoms with Crippen molar-refractivity contribution < 1.29 is 4.79 Å². The van der Waals surface area contributed by atoms with Gasteiger partial charge in [0.05, 0.1) is 10.7 Å². The average Bonchev–Trinajstić information content (AvgIpc) is 2.49. The summed E-state index contributed by atoms with van der Waals surface area (Å²) >= 11 is 9.41. The zero-order valence-corrected chi connectivity index (χ0v) is 13.3. The van der Waals surface area contributed by atoms with Crippen molar-refractivity contribution in [1.29, 1.82) is 0 Å². The van der Waals surface area contributed by atoms with Crippen LogP contribution in [0.2, 0.25) is 5.02 Å². The average molecular weight is 361 g/mol. The Hall–Kier alpha value is -1.84. The topological polar surface area (TPSA) is 43.1 Å². The summed E-state index contributed by atoms with van der Waals surface area (Å²) in [5.41, 5.74) is 7.30. The minimum atomic E-state index is -0.0679. The maximum Gasteiger partial charge on any atom is 0.193 e. The number of ketones is 1. The maximum absolute atomic E-state index is 12.5. The van der Waals surface area contributed by atoms with Crippen molar-refractivity contribution in [3.05, 3.63) is 75.2 Å². The van der Waals surface area contributed by atoms with Crippen LogP contribution in [0.15, 0.2) is 59.1 Å². The van der Waals surface area contributed by atoms with Gasteiger partial charge < -0.3 is 5.73 Å². The predicted molar refractivity (Wildman–Crippen MR) is 90.9 cm³/mol. The van der Waals surface area contributed by atoms with Crippen LogP contribution in [0, 0.1) is 0 Å². The molecule has 0 aliphatic rings. The largest absolute Gasteiger partial charge is 0.398 e. The number of halogens is 2. The Morgan fingerprint density at radius 3 is 2.29 bits per heavy atom. The van der Waals surface area contributed by atoms with Crippen LogP contribution in [-0.4, -0.2) is 5.78 Å². The smallest absolute Gasteiger partial charge is 0.193 e. The molecule has 0 aliphatic heterocycles. The zero-order valence-electron chi connectivity index (χ0n) is 10.9. The molecular weight excluding hydrogens is 350 g/mol. The molecule has 0 saturated heterocycles. The third kappa shape index (κ3) is 2.80. The number of fused-ring (bicyclic) bond motifs is 1. The number of anilines is 1. The third-order valence-electron chi connectivity index (χ3n) is 3.33. The Kier molecular flexibility index (Phi) is 3.70. The van der Waals surface area contributed by atoms with E-state index in [4.69, 9.17) is 17.3 Å². The summed E-state index contributed by atoms with van der Waals surface area (Å²) in [4.78, 5) is 12.5. The van der Waals surface area contributed by atoms with Crippen LogP contribution in [0.5, 0.6) is 0 Å². The van der Waals surface area contributed by atoms with Crippen LogP contribution >= 0.6 is 27.5 Å². The minimum absolute atomic E-state index is 0.0679. The molecule has 0 radical (unpaired) electrons. The second-order valence-corrected chi connectivity index (χ2v) is 6.09. The van der Waals surface area contributed by atoms with E-state index >= 15 is 0 Å². The van der Waals surface area contributed by atoms with Crippen molar-refractivity contribution in [2.45, 2.75) is 0 Å². The Balaban J connectivity index is 2.04. The van der Waals surface area contributed by atoms with Crippen LogP contribution in [0.1, 0.15) is 15.9 Å². The molecule has 0 heterocycles. The molecule has 104 valence electrons. The lowest BCUT2D eigenvalue weighted by Crippen LogP contribution is -2.02.